The third kappa shape index (κ3) is 7.59. The Labute approximate surface area is 212 Å². The predicted octanol–water partition coefficient (Wildman–Crippen LogP) is 6.42. The zero-order chi connectivity index (χ0) is 25.4. The van der Waals surface area contributed by atoms with Crippen molar-refractivity contribution in [1.82, 2.24) is 0 Å². The molecule has 1 unspecified atom stereocenters. The molecule has 1 amide bonds. The molecule has 0 aliphatic carbocycles. The molecular weight excluding hydrogens is 458 g/mol. The number of carbonyl (C=O) groups excluding carboxylic acids is 1. The number of aryl methyl sites for hydroxylation is 2. The van der Waals surface area contributed by atoms with Crippen LogP contribution < -0.4 is 25.8 Å². The van der Waals surface area contributed by atoms with Crippen LogP contribution in [0, 0.1) is 13.8 Å². The number of hydrogen-bond acceptors (Lipinski definition) is 6. The molecule has 6 nitrogen and oxygen atoms in total. The molecule has 0 fully saturated rings. The van der Waals surface area contributed by atoms with E-state index in [2.05, 4.69) is 36.6 Å². The number of carbonyl (C=O) groups is 1. The van der Waals surface area contributed by atoms with Crippen LogP contribution >= 0.6 is 11.8 Å². The molecule has 0 spiro atoms. The lowest BCUT2D eigenvalue weighted by Crippen LogP contribution is -2.20. The van der Waals surface area contributed by atoms with Crippen molar-refractivity contribution >= 4 is 34.7 Å². The Hall–Kier alpha value is -3.32. The normalized spacial score (nSPS) is 11.6. The highest BCUT2D eigenvalue weighted by Gasteiger charge is 2.11. The average molecular weight is 494 g/mol. The van der Waals surface area contributed by atoms with Gasteiger partial charge in [0.25, 0.3) is 5.91 Å². The van der Waals surface area contributed by atoms with Crippen molar-refractivity contribution in [2.24, 2.45) is 0 Å². The monoisotopic (exact) mass is 493 g/mol. The first kappa shape index (κ1) is 26.3. The summed E-state index contributed by atoms with van der Waals surface area (Å²) in [5.41, 5.74) is 11.4. The number of nitrogen functional groups attached to an aromatic ring is 1. The van der Waals surface area contributed by atoms with Crippen LogP contribution in [-0.2, 0) is 11.2 Å². The molecule has 0 aliphatic rings. The first-order valence-electron chi connectivity index (χ1n) is 11.8. The highest BCUT2D eigenvalue weighted by molar-refractivity contribution is 7.99. The molecule has 0 saturated carbocycles. The summed E-state index contributed by atoms with van der Waals surface area (Å²) in [5, 5.41) is 6.58. The first-order valence-corrected chi connectivity index (χ1v) is 12.8. The molecule has 3 aromatic carbocycles. The van der Waals surface area contributed by atoms with E-state index in [1.807, 2.05) is 62.0 Å². The molecule has 3 rings (SSSR count). The minimum Gasteiger partial charge on any atom is -0.484 e. The zero-order valence-electron chi connectivity index (χ0n) is 21.1. The lowest BCUT2D eigenvalue weighted by molar-refractivity contribution is -0.118. The van der Waals surface area contributed by atoms with Gasteiger partial charge in [-0.05, 0) is 79.1 Å². The van der Waals surface area contributed by atoms with Gasteiger partial charge in [0.1, 0.15) is 17.2 Å². The average Bonchev–Trinajstić information content (AvgIpc) is 2.83. The maximum absolute atomic E-state index is 12.5. The molecule has 0 radical (unpaired) electrons. The van der Waals surface area contributed by atoms with E-state index in [1.54, 1.807) is 13.1 Å². The Morgan fingerprint density at radius 1 is 0.971 bits per heavy atom. The number of benzene rings is 3. The molecule has 0 bridgehead atoms. The molecule has 1 atom stereocenters. The van der Waals surface area contributed by atoms with Crippen molar-refractivity contribution in [3.63, 3.8) is 0 Å². The van der Waals surface area contributed by atoms with Crippen LogP contribution in [0.5, 0.6) is 17.2 Å². The van der Waals surface area contributed by atoms with Gasteiger partial charge in [-0.2, -0.15) is 11.8 Å². The summed E-state index contributed by atoms with van der Waals surface area (Å²) < 4.78 is 11.7. The van der Waals surface area contributed by atoms with Crippen molar-refractivity contribution in [2.45, 2.75) is 39.4 Å². The van der Waals surface area contributed by atoms with E-state index in [1.165, 1.54) is 5.56 Å². The second-order valence-corrected chi connectivity index (χ2v) is 10.2. The van der Waals surface area contributed by atoms with Crippen molar-refractivity contribution in [2.75, 3.05) is 35.8 Å². The third-order valence-corrected chi connectivity index (χ3v) is 6.67. The quantitative estimate of drug-likeness (QED) is 0.267. The summed E-state index contributed by atoms with van der Waals surface area (Å²) >= 11 is 1.95. The number of amides is 1. The van der Waals surface area contributed by atoms with Crippen LogP contribution in [0.1, 0.15) is 30.5 Å². The SMILES string of the molecule is CCSC(C)Cc1ccc(OCC(=O)Nc2ccc(Oc3cc(C)c(N)c(C)c3)cc2NC)cc1. The Morgan fingerprint density at radius 3 is 2.26 bits per heavy atom. The molecule has 0 aliphatic heterocycles. The van der Waals surface area contributed by atoms with E-state index < -0.39 is 0 Å². The summed E-state index contributed by atoms with van der Waals surface area (Å²) in [6.07, 6.45) is 1.02. The summed E-state index contributed by atoms with van der Waals surface area (Å²) in [5.74, 6) is 2.91. The summed E-state index contributed by atoms with van der Waals surface area (Å²) in [6, 6.07) is 17.2. The van der Waals surface area contributed by atoms with Gasteiger partial charge in [0.15, 0.2) is 6.61 Å². The number of ether oxygens (including phenoxy) is 2. The Morgan fingerprint density at radius 2 is 1.63 bits per heavy atom. The summed E-state index contributed by atoms with van der Waals surface area (Å²) in [7, 11) is 1.80. The fourth-order valence-corrected chi connectivity index (χ4v) is 4.64. The molecule has 35 heavy (non-hydrogen) atoms. The number of rotatable bonds is 11. The van der Waals surface area contributed by atoms with E-state index in [4.69, 9.17) is 15.2 Å². The second kappa shape index (κ2) is 12.4. The van der Waals surface area contributed by atoms with Gasteiger partial charge in [0, 0.05) is 24.1 Å². The van der Waals surface area contributed by atoms with Gasteiger partial charge in [-0.25, -0.2) is 0 Å². The van der Waals surface area contributed by atoms with Crippen LogP contribution in [0.4, 0.5) is 17.1 Å². The van der Waals surface area contributed by atoms with E-state index in [0.29, 0.717) is 28.2 Å². The standard InChI is InChI=1S/C28H35N3O3S/c1-6-35-20(4)15-21-7-9-22(10-8-21)33-17-27(32)31-25-12-11-23(16-26(25)30-5)34-24-13-18(2)28(29)19(3)14-24/h7-14,16,20,30H,6,15,17,29H2,1-5H3,(H,31,32). The van der Waals surface area contributed by atoms with Gasteiger partial charge in [-0.15, -0.1) is 0 Å². The summed E-state index contributed by atoms with van der Waals surface area (Å²) in [4.78, 5) is 12.5. The van der Waals surface area contributed by atoms with Crippen LogP contribution in [0.25, 0.3) is 0 Å². The van der Waals surface area contributed by atoms with Crippen LogP contribution in [0.15, 0.2) is 54.6 Å². The van der Waals surface area contributed by atoms with Gasteiger partial charge in [-0.3, -0.25) is 4.79 Å². The van der Waals surface area contributed by atoms with Crippen molar-refractivity contribution in [3.8, 4) is 17.2 Å². The maximum atomic E-state index is 12.5. The van der Waals surface area contributed by atoms with Crippen LogP contribution in [0.2, 0.25) is 0 Å². The first-order chi connectivity index (χ1) is 16.8. The molecule has 3 aromatic rings. The lowest BCUT2D eigenvalue weighted by atomic mass is 10.1. The molecule has 0 saturated heterocycles. The molecule has 0 aromatic heterocycles. The van der Waals surface area contributed by atoms with Gasteiger partial charge in [0.05, 0.1) is 11.4 Å². The number of nitrogens with two attached hydrogens (primary N) is 1. The number of thioether (sulfide) groups is 1. The van der Waals surface area contributed by atoms with Crippen molar-refractivity contribution in [1.29, 1.82) is 0 Å². The smallest absolute Gasteiger partial charge is 0.262 e. The minimum atomic E-state index is -0.239. The van der Waals surface area contributed by atoms with Gasteiger partial charge in [-0.1, -0.05) is 26.0 Å². The summed E-state index contributed by atoms with van der Waals surface area (Å²) in [6.45, 7) is 8.24. The molecule has 7 heteroatoms. The van der Waals surface area contributed by atoms with Crippen LogP contribution in [0.3, 0.4) is 0 Å². The highest BCUT2D eigenvalue weighted by Crippen LogP contribution is 2.32. The number of hydrogen-bond donors (Lipinski definition) is 3. The lowest BCUT2D eigenvalue weighted by Gasteiger charge is -2.15. The Bertz CT molecular complexity index is 1130. The maximum Gasteiger partial charge on any atom is 0.262 e. The molecule has 0 heterocycles. The topological polar surface area (TPSA) is 85.6 Å². The van der Waals surface area contributed by atoms with Crippen molar-refractivity contribution in [3.05, 3.63) is 71.3 Å². The highest BCUT2D eigenvalue weighted by atomic mass is 32.2. The van der Waals surface area contributed by atoms with Crippen molar-refractivity contribution < 1.29 is 14.3 Å². The zero-order valence-corrected chi connectivity index (χ0v) is 21.9. The molecule has 4 N–H and O–H groups in total. The van der Waals surface area contributed by atoms with Crippen LogP contribution in [-0.4, -0.2) is 30.6 Å². The number of anilines is 3. The third-order valence-electron chi connectivity index (χ3n) is 5.60. The van der Waals surface area contributed by atoms with E-state index in [0.717, 1.165) is 34.7 Å². The molecular formula is C28H35N3O3S. The minimum absolute atomic E-state index is 0.0766. The largest absolute Gasteiger partial charge is 0.484 e. The second-order valence-electron chi connectivity index (χ2n) is 8.48. The fraction of sp³-hybridized carbons (Fsp3) is 0.321. The predicted molar refractivity (Wildman–Crippen MR) is 148 cm³/mol. The Balaban J connectivity index is 1.57. The fourth-order valence-electron chi connectivity index (χ4n) is 3.76. The Kier molecular flexibility index (Phi) is 9.32. The van der Waals surface area contributed by atoms with E-state index in [9.17, 15) is 4.79 Å². The van der Waals surface area contributed by atoms with Gasteiger partial charge >= 0.3 is 0 Å². The van der Waals surface area contributed by atoms with E-state index in [-0.39, 0.29) is 12.5 Å². The molecule has 186 valence electrons. The number of nitrogens with one attached hydrogen (secondary N) is 2. The van der Waals surface area contributed by atoms with Gasteiger partial charge in [0.2, 0.25) is 0 Å². The van der Waals surface area contributed by atoms with Gasteiger partial charge < -0.3 is 25.8 Å². The van der Waals surface area contributed by atoms with E-state index >= 15 is 0 Å².